The van der Waals surface area contributed by atoms with Crippen molar-refractivity contribution >= 4 is 5.97 Å². The first kappa shape index (κ1) is 7.32. The van der Waals surface area contributed by atoms with E-state index in [0.717, 1.165) is 5.57 Å². The highest BCUT2D eigenvalue weighted by Crippen LogP contribution is 2.25. The fraction of sp³-hybridized carbons (Fsp3) is 0.625. The van der Waals surface area contributed by atoms with Crippen molar-refractivity contribution in [3.8, 4) is 0 Å². The summed E-state index contributed by atoms with van der Waals surface area (Å²) in [4.78, 5) is 10.8. The van der Waals surface area contributed by atoms with Crippen LogP contribution in [0.15, 0.2) is 11.8 Å². The Morgan fingerprint density at radius 3 is 2.40 bits per heavy atom. The first-order chi connectivity index (χ1) is 4.63. The number of carbonyl (C=O) groups is 1. The monoisotopic (exact) mass is 140 g/mol. The minimum Gasteiger partial charge on any atom is -0.434 e. The molecule has 0 radical (unpaired) electrons. The summed E-state index contributed by atoms with van der Waals surface area (Å²) in [5.41, 5.74) is 1.10. The molecule has 1 heterocycles. The van der Waals surface area contributed by atoms with Gasteiger partial charge in [0.25, 0.3) is 0 Å². The lowest BCUT2D eigenvalue weighted by atomic mass is 9.94. The van der Waals surface area contributed by atoms with Crippen LogP contribution in [0.4, 0.5) is 0 Å². The molecule has 0 amide bonds. The van der Waals surface area contributed by atoms with Crippen LogP contribution in [-0.2, 0) is 9.53 Å². The van der Waals surface area contributed by atoms with E-state index in [9.17, 15) is 4.79 Å². The van der Waals surface area contributed by atoms with Crippen molar-refractivity contribution in [3.63, 3.8) is 0 Å². The van der Waals surface area contributed by atoms with Crippen LogP contribution in [0.3, 0.4) is 0 Å². The average molecular weight is 140 g/mol. The van der Waals surface area contributed by atoms with Gasteiger partial charge in [-0.2, -0.15) is 0 Å². The molecule has 0 spiro atoms. The maximum atomic E-state index is 10.8. The van der Waals surface area contributed by atoms with E-state index in [1.54, 1.807) is 6.26 Å². The Balaban J connectivity index is 2.72. The zero-order valence-corrected chi connectivity index (χ0v) is 6.55. The molecule has 0 N–H and O–H groups in total. The van der Waals surface area contributed by atoms with Gasteiger partial charge >= 0.3 is 5.97 Å². The predicted molar refractivity (Wildman–Crippen MR) is 38.2 cm³/mol. The van der Waals surface area contributed by atoms with Gasteiger partial charge in [-0.15, -0.1) is 0 Å². The van der Waals surface area contributed by atoms with Gasteiger partial charge in [0, 0.05) is 0 Å². The SMILES string of the molecule is CC(C)C1=COC(=O)C1C. The number of hydrogen-bond acceptors (Lipinski definition) is 2. The second-order valence-corrected chi connectivity index (χ2v) is 2.93. The Morgan fingerprint density at radius 2 is 2.20 bits per heavy atom. The largest absolute Gasteiger partial charge is 0.434 e. The van der Waals surface area contributed by atoms with Crippen LogP contribution < -0.4 is 0 Å². The Morgan fingerprint density at radius 1 is 1.60 bits per heavy atom. The number of cyclic esters (lactones) is 1. The molecule has 1 atom stereocenters. The fourth-order valence-corrected chi connectivity index (χ4v) is 1.10. The summed E-state index contributed by atoms with van der Waals surface area (Å²) in [5.74, 6) is 0.269. The van der Waals surface area contributed by atoms with Gasteiger partial charge in [0.2, 0.25) is 0 Å². The van der Waals surface area contributed by atoms with Crippen molar-refractivity contribution in [3.05, 3.63) is 11.8 Å². The highest BCUT2D eigenvalue weighted by atomic mass is 16.5. The van der Waals surface area contributed by atoms with Crippen molar-refractivity contribution in [1.82, 2.24) is 0 Å². The van der Waals surface area contributed by atoms with Crippen LogP contribution in [0.2, 0.25) is 0 Å². The van der Waals surface area contributed by atoms with Gasteiger partial charge in [0.1, 0.15) is 0 Å². The molecule has 56 valence electrons. The second-order valence-electron chi connectivity index (χ2n) is 2.93. The molecular weight excluding hydrogens is 128 g/mol. The van der Waals surface area contributed by atoms with Crippen molar-refractivity contribution < 1.29 is 9.53 Å². The molecule has 1 rings (SSSR count). The van der Waals surface area contributed by atoms with Crippen LogP contribution in [-0.4, -0.2) is 5.97 Å². The summed E-state index contributed by atoms with van der Waals surface area (Å²) in [5, 5.41) is 0. The Bertz CT molecular complexity index is 180. The minimum absolute atomic E-state index is 0.0278. The fourth-order valence-electron chi connectivity index (χ4n) is 1.10. The number of rotatable bonds is 1. The zero-order valence-electron chi connectivity index (χ0n) is 6.55. The third kappa shape index (κ3) is 1.06. The van der Waals surface area contributed by atoms with E-state index in [1.807, 2.05) is 6.92 Å². The van der Waals surface area contributed by atoms with Crippen LogP contribution in [0.1, 0.15) is 20.8 Å². The molecule has 2 nitrogen and oxygen atoms in total. The van der Waals surface area contributed by atoms with Crippen LogP contribution >= 0.6 is 0 Å². The van der Waals surface area contributed by atoms with Gasteiger partial charge < -0.3 is 4.74 Å². The van der Waals surface area contributed by atoms with Gasteiger partial charge in [-0.25, -0.2) is 0 Å². The van der Waals surface area contributed by atoms with Gasteiger partial charge in [-0.3, -0.25) is 4.79 Å². The maximum absolute atomic E-state index is 10.8. The average Bonchev–Trinajstić information content (AvgIpc) is 2.14. The summed E-state index contributed by atoms with van der Waals surface area (Å²) in [6, 6.07) is 0. The summed E-state index contributed by atoms with van der Waals surface area (Å²) in [7, 11) is 0. The van der Waals surface area contributed by atoms with Gasteiger partial charge in [-0.1, -0.05) is 13.8 Å². The smallest absolute Gasteiger partial charge is 0.317 e. The molecule has 2 heteroatoms. The lowest BCUT2D eigenvalue weighted by Gasteiger charge is -2.07. The van der Waals surface area contributed by atoms with Gasteiger partial charge in [0.05, 0.1) is 12.2 Å². The second kappa shape index (κ2) is 2.45. The Labute approximate surface area is 60.9 Å². The molecule has 10 heavy (non-hydrogen) atoms. The molecule has 0 saturated heterocycles. The molecular formula is C8H12O2. The molecule has 1 aliphatic heterocycles. The standard InChI is InChI=1S/C8H12O2/c1-5(2)7-4-10-8(9)6(7)3/h4-6H,1-3H3. The quantitative estimate of drug-likeness (QED) is 0.518. The molecule has 1 unspecified atom stereocenters. The highest BCUT2D eigenvalue weighted by Gasteiger charge is 2.26. The molecule has 0 aromatic rings. The van der Waals surface area contributed by atoms with E-state index < -0.39 is 0 Å². The van der Waals surface area contributed by atoms with Gasteiger partial charge in [-0.05, 0) is 18.4 Å². The van der Waals surface area contributed by atoms with Gasteiger partial charge in [0.15, 0.2) is 0 Å². The molecule has 0 bridgehead atoms. The third-order valence-electron chi connectivity index (χ3n) is 1.83. The topological polar surface area (TPSA) is 26.3 Å². The number of esters is 1. The molecule has 0 aliphatic carbocycles. The normalized spacial score (nSPS) is 25.0. The van der Waals surface area contributed by atoms with Crippen molar-refractivity contribution in [2.24, 2.45) is 11.8 Å². The van der Waals surface area contributed by atoms with E-state index in [0.29, 0.717) is 5.92 Å². The van der Waals surface area contributed by atoms with E-state index in [4.69, 9.17) is 4.74 Å². The lowest BCUT2D eigenvalue weighted by Crippen LogP contribution is -2.09. The van der Waals surface area contributed by atoms with Crippen LogP contribution in [0.5, 0.6) is 0 Å². The van der Waals surface area contributed by atoms with E-state index in [1.165, 1.54) is 0 Å². The van der Waals surface area contributed by atoms with E-state index in [-0.39, 0.29) is 11.9 Å². The molecule has 1 aliphatic rings. The Hall–Kier alpha value is -0.790. The van der Waals surface area contributed by atoms with Crippen molar-refractivity contribution in [1.29, 1.82) is 0 Å². The number of ether oxygens (including phenoxy) is 1. The van der Waals surface area contributed by atoms with Crippen LogP contribution in [0, 0.1) is 11.8 Å². The molecule has 0 aromatic heterocycles. The number of carbonyl (C=O) groups excluding carboxylic acids is 1. The summed E-state index contributed by atoms with van der Waals surface area (Å²) < 4.78 is 4.74. The summed E-state index contributed by atoms with van der Waals surface area (Å²) in [6.45, 7) is 6.00. The molecule has 0 saturated carbocycles. The molecule has 0 aromatic carbocycles. The van der Waals surface area contributed by atoms with E-state index >= 15 is 0 Å². The third-order valence-corrected chi connectivity index (χ3v) is 1.83. The predicted octanol–water partition coefficient (Wildman–Crippen LogP) is 1.72. The summed E-state index contributed by atoms with van der Waals surface area (Å²) in [6.07, 6.45) is 1.58. The van der Waals surface area contributed by atoms with E-state index in [2.05, 4.69) is 13.8 Å². The van der Waals surface area contributed by atoms with Crippen molar-refractivity contribution in [2.75, 3.05) is 0 Å². The molecule has 0 fully saturated rings. The van der Waals surface area contributed by atoms with Crippen molar-refractivity contribution in [2.45, 2.75) is 20.8 Å². The van der Waals surface area contributed by atoms with Crippen LogP contribution in [0.25, 0.3) is 0 Å². The highest BCUT2D eigenvalue weighted by molar-refractivity contribution is 5.78. The Kier molecular flexibility index (Phi) is 1.79. The summed E-state index contributed by atoms with van der Waals surface area (Å²) >= 11 is 0. The zero-order chi connectivity index (χ0) is 7.72. The first-order valence-corrected chi connectivity index (χ1v) is 3.53. The minimum atomic E-state index is -0.122. The number of hydrogen-bond donors (Lipinski definition) is 0. The first-order valence-electron chi connectivity index (χ1n) is 3.53. The maximum Gasteiger partial charge on any atom is 0.317 e. The lowest BCUT2D eigenvalue weighted by molar-refractivity contribution is -0.138.